The third-order valence-electron chi connectivity index (χ3n) is 7.20. The van der Waals surface area contributed by atoms with Gasteiger partial charge in [0.05, 0.1) is 18.9 Å². The van der Waals surface area contributed by atoms with Crippen LogP contribution in [0.15, 0.2) is 79.0 Å². The molecule has 1 aliphatic rings. The average Bonchev–Trinajstić information content (AvgIpc) is 3.64. The number of benzene rings is 3. The van der Waals surface area contributed by atoms with E-state index < -0.39 is 0 Å². The predicted molar refractivity (Wildman–Crippen MR) is 155 cm³/mol. The summed E-state index contributed by atoms with van der Waals surface area (Å²) in [5, 5.41) is 2.97. The van der Waals surface area contributed by atoms with Crippen molar-refractivity contribution in [2.45, 2.75) is 32.8 Å². The van der Waals surface area contributed by atoms with E-state index in [1.165, 1.54) is 5.56 Å². The molecular formula is C32H34N4O4. The summed E-state index contributed by atoms with van der Waals surface area (Å²) in [4.78, 5) is 33.2. The van der Waals surface area contributed by atoms with Crippen molar-refractivity contribution in [1.82, 2.24) is 14.5 Å². The molecule has 3 aromatic carbocycles. The van der Waals surface area contributed by atoms with E-state index in [2.05, 4.69) is 25.2 Å². The summed E-state index contributed by atoms with van der Waals surface area (Å²) in [5.74, 6) is 0.588. The molecule has 0 aliphatic carbocycles. The molecule has 0 saturated carbocycles. The molecule has 2 heterocycles. The molecule has 0 unspecified atom stereocenters. The van der Waals surface area contributed by atoms with E-state index in [1.807, 2.05) is 65.4 Å². The number of ether oxygens (including phenoxy) is 2. The maximum absolute atomic E-state index is 13.5. The van der Waals surface area contributed by atoms with E-state index in [4.69, 9.17) is 14.5 Å². The lowest BCUT2D eigenvalue weighted by Crippen LogP contribution is -2.42. The Bertz CT molecular complexity index is 1470. The van der Waals surface area contributed by atoms with Crippen molar-refractivity contribution in [2.75, 3.05) is 32.1 Å². The van der Waals surface area contributed by atoms with Gasteiger partial charge in [0.15, 0.2) is 0 Å². The number of methoxy groups -OCH3 is 1. The lowest BCUT2D eigenvalue weighted by molar-refractivity contribution is -0.117. The van der Waals surface area contributed by atoms with Crippen LogP contribution < -0.4 is 10.1 Å². The molecule has 1 saturated heterocycles. The first-order valence-corrected chi connectivity index (χ1v) is 13.5. The summed E-state index contributed by atoms with van der Waals surface area (Å²) in [7, 11) is 1.63. The lowest BCUT2D eigenvalue weighted by Gasteiger charge is -2.25. The molecule has 8 nitrogen and oxygen atoms in total. The molecule has 8 heteroatoms. The van der Waals surface area contributed by atoms with Crippen molar-refractivity contribution >= 4 is 17.8 Å². The van der Waals surface area contributed by atoms with E-state index in [-0.39, 0.29) is 24.5 Å². The number of anilines is 1. The van der Waals surface area contributed by atoms with E-state index in [1.54, 1.807) is 24.1 Å². The highest BCUT2D eigenvalue weighted by molar-refractivity contribution is 5.99. The number of carbonyl (C=O) groups is 2. The molecule has 1 aromatic heterocycles. The third-order valence-corrected chi connectivity index (χ3v) is 7.20. The summed E-state index contributed by atoms with van der Waals surface area (Å²) >= 11 is 0. The zero-order valence-corrected chi connectivity index (χ0v) is 23.1. The van der Waals surface area contributed by atoms with Gasteiger partial charge in [-0.1, -0.05) is 24.3 Å². The van der Waals surface area contributed by atoms with Gasteiger partial charge in [-0.3, -0.25) is 19.5 Å². The van der Waals surface area contributed by atoms with Crippen molar-refractivity contribution < 1.29 is 19.1 Å². The summed E-state index contributed by atoms with van der Waals surface area (Å²) < 4.78 is 12.9. The quantitative estimate of drug-likeness (QED) is 0.307. The van der Waals surface area contributed by atoms with Gasteiger partial charge in [0, 0.05) is 36.2 Å². The Labute approximate surface area is 234 Å². The number of nitrogens with one attached hydrogen (secondary N) is 1. The summed E-state index contributed by atoms with van der Waals surface area (Å²) in [5.41, 5.74) is 5.31. The zero-order chi connectivity index (χ0) is 28.1. The second-order valence-corrected chi connectivity index (χ2v) is 10.1. The standard InChI is InChI=1S/C32H34N4O4/c1-22-11-14-26(18-23(22)2)36-20-29(24-12-15-27(39-3)16-13-24)33-32(36)34-30(37)21-35(19-28-10-7-17-40-28)31(38)25-8-5-4-6-9-25/h4-6,8-9,11-16,18,20,28H,7,10,17,19,21H2,1-3H3,(H,33,34,37)/t28-/m1/s1. The summed E-state index contributed by atoms with van der Waals surface area (Å²) in [6, 6.07) is 22.7. The Kier molecular flexibility index (Phi) is 8.26. The van der Waals surface area contributed by atoms with Gasteiger partial charge in [0.1, 0.15) is 12.3 Å². The number of rotatable bonds is 9. The fourth-order valence-corrected chi connectivity index (χ4v) is 4.80. The number of aromatic nitrogens is 2. The van der Waals surface area contributed by atoms with E-state index in [0.29, 0.717) is 30.4 Å². The average molecular weight is 539 g/mol. The number of imidazole rings is 1. The monoisotopic (exact) mass is 538 g/mol. The predicted octanol–water partition coefficient (Wildman–Crippen LogP) is 5.42. The maximum atomic E-state index is 13.5. The second-order valence-electron chi connectivity index (χ2n) is 10.1. The first-order valence-electron chi connectivity index (χ1n) is 13.5. The first-order chi connectivity index (χ1) is 19.4. The number of aryl methyl sites for hydroxylation is 2. The molecule has 0 bridgehead atoms. The minimum absolute atomic E-state index is 0.0837. The van der Waals surface area contributed by atoms with Gasteiger partial charge in [-0.05, 0) is 86.3 Å². The molecule has 2 amide bonds. The maximum Gasteiger partial charge on any atom is 0.254 e. The van der Waals surface area contributed by atoms with Gasteiger partial charge in [0.25, 0.3) is 5.91 Å². The highest BCUT2D eigenvalue weighted by Gasteiger charge is 2.26. The van der Waals surface area contributed by atoms with Crippen molar-refractivity contribution in [3.05, 3.63) is 95.7 Å². The summed E-state index contributed by atoms with van der Waals surface area (Å²) in [6.45, 7) is 5.02. The Morgan fingerprint density at radius 3 is 2.50 bits per heavy atom. The van der Waals surface area contributed by atoms with Crippen LogP contribution in [0.3, 0.4) is 0 Å². The number of amides is 2. The minimum atomic E-state index is -0.334. The number of hydrogen-bond acceptors (Lipinski definition) is 5. The van der Waals surface area contributed by atoms with Crippen molar-refractivity contribution in [2.24, 2.45) is 0 Å². The molecule has 1 atom stereocenters. The van der Waals surface area contributed by atoms with Crippen LogP contribution in [0.5, 0.6) is 5.75 Å². The van der Waals surface area contributed by atoms with Gasteiger partial charge in [-0.25, -0.2) is 4.98 Å². The van der Waals surface area contributed by atoms with E-state index in [0.717, 1.165) is 35.4 Å². The highest BCUT2D eigenvalue weighted by Crippen LogP contribution is 2.27. The number of hydrogen-bond donors (Lipinski definition) is 1. The molecule has 5 rings (SSSR count). The molecule has 4 aromatic rings. The van der Waals surface area contributed by atoms with Gasteiger partial charge in [0.2, 0.25) is 11.9 Å². The molecule has 0 radical (unpaired) electrons. The van der Waals surface area contributed by atoms with E-state index in [9.17, 15) is 9.59 Å². The van der Waals surface area contributed by atoms with Gasteiger partial charge in [-0.2, -0.15) is 0 Å². The fraction of sp³-hybridized carbons (Fsp3) is 0.281. The molecule has 1 N–H and O–H groups in total. The van der Waals surface area contributed by atoms with Crippen LogP contribution in [0, 0.1) is 13.8 Å². The van der Waals surface area contributed by atoms with Crippen LogP contribution in [0.4, 0.5) is 5.95 Å². The van der Waals surface area contributed by atoms with Crippen molar-refractivity contribution in [1.29, 1.82) is 0 Å². The first kappa shape index (κ1) is 27.1. The number of nitrogens with zero attached hydrogens (tertiary/aromatic N) is 3. The molecule has 206 valence electrons. The van der Waals surface area contributed by atoms with Crippen LogP contribution >= 0.6 is 0 Å². The Balaban J connectivity index is 1.43. The van der Waals surface area contributed by atoms with Crippen LogP contribution in [-0.4, -0.2) is 59.2 Å². The SMILES string of the molecule is COc1ccc(-c2cn(-c3ccc(C)c(C)c3)c(NC(=O)CN(C[C@H]3CCCO3)C(=O)c3ccccc3)n2)cc1. The lowest BCUT2D eigenvalue weighted by atomic mass is 10.1. The second kappa shape index (κ2) is 12.2. The topological polar surface area (TPSA) is 85.7 Å². The smallest absolute Gasteiger partial charge is 0.254 e. The normalized spacial score (nSPS) is 14.6. The fourth-order valence-electron chi connectivity index (χ4n) is 4.80. The highest BCUT2D eigenvalue weighted by atomic mass is 16.5. The van der Waals surface area contributed by atoms with Gasteiger partial charge >= 0.3 is 0 Å². The Hall–Kier alpha value is -4.43. The summed E-state index contributed by atoms with van der Waals surface area (Å²) in [6.07, 6.45) is 3.63. The van der Waals surface area contributed by atoms with Crippen LogP contribution in [0.25, 0.3) is 16.9 Å². The Morgan fingerprint density at radius 2 is 1.82 bits per heavy atom. The molecule has 1 aliphatic heterocycles. The van der Waals surface area contributed by atoms with Crippen LogP contribution in [0.1, 0.15) is 34.3 Å². The molecule has 1 fully saturated rings. The zero-order valence-electron chi connectivity index (χ0n) is 23.1. The third kappa shape index (κ3) is 6.24. The Morgan fingerprint density at radius 1 is 1.05 bits per heavy atom. The van der Waals surface area contributed by atoms with Crippen molar-refractivity contribution in [3.63, 3.8) is 0 Å². The van der Waals surface area contributed by atoms with E-state index >= 15 is 0 Å². The van der Waals surface area contributed by atoms with Crippen LogP contribution in [0.2, 0.25) is 0 Å². The largest absolute Gasteiger partial charge is 0.497 e. The number of carbonyl (C=O) groups excluding carboxylic acids is 2. The van der Waals surface area contributed by atoms with Gasteiger partial charge in [-0.15, -0.1) is 0 Å². The molecule has 0 spiro atoms. The van der Waals surface area contributed by atoms with Gasteiger partial charge < -0.3 is 14.4 Å². The molecule has 40 heavy (non-hydrogen) atoms. The van der Waals surface area contributed by atoms with Crippen LogP contribution in [-0.2, 0) is 9.53 Å². The van der Waals surface area contributed by atoms with Crippen molar-refractivity contribution in [3.8, 4) is 22.7 Å². The molecular weight excluding hydrogens is 504 g/mol. The minimum Gasteiger partial charge on any atom is -0.497 e.